The van der Waals surface area contributed by atoms with Gasteiger partial charge in [0.2, 0.25) is 5.91 Å². The van der Waals surface area contributed by atoms with E-state index in [0.29, 0.717) is 24.8 Å². The van der Waals surface area contributed by atoms with Crippen molar-refractivity contribution in [1.82, 2.24) is 19.8 Å². The quantitative estimate of drug-likeness (QED) is 0.246. The van der Waals surface area contributed by atoms with E-state index in [1.807, 2.05) is 18.3 Å². The molecule has 7 nitrogen and oxygen atoms in total. The molecule has 49 heavy (non-hydrogen) atoms. The highest BCUT2D eigenvalue weighted by Gasteiger charge is 2.65. The van der Waals surface area contributed by atoms with Gasteiger partial charge in [-0.3, -0.25) is 14.7 Å². The first kappa shape index (κ1) is 32.9. The monoisotopic (exact) mass is 661 g/mol. The average Bonchev–Trinajstić information content (AvgIpc) is 3.57. The van der Waals surface area contributed by atoms with Crippen molar-refractivity contribution < 1.29 is 9.90 Å². The summed E-state index contributed by atoms with van der Waals surface area (Å²) >= 11 is 0. The van der Waals surface area contributed by atoms with Crippen molar-refractivity contribution in [1.29, 1.82) is 0 Å². The predicted octanol–water partition coefficient (Wildman–Crippen LogP) is 8.23. The number of amides is 1. The standard InChI is InChI=1S/C42H55N5O2/c1-40(2,3)27-35(48)44-34-17-14-16-30-31-18-21-43-37(38(31)45-36(30)34)32-26-42(49)20-11-7-4-5-8-12-22-46-24-19-33(32)41(28-46)25-29-15-10-6-9-13-23-47(29)39(41)42/h4,7,10,14-18,21,26,29,33,39,45,49H,5-6,8-9,11-13,19-20,22-25,27-28H2,1-3H3,(H,44,48)/b7-4-,15-10-/t29-,33-,39+,41-,42-/m0/s1. The number of aliphatic hydroxyl groups is 1. The van der Waals surface area contributed by atoms with Crippen molar-refractivity contribution in [2.75, 3.05) is 31.5 Å². The Kier molecular flexibility index (Phi) is 8.61. The van der Waals surface area contributed by atoms with E-state index in [2.05, 4.69) is 83.4 Å². The van der Waals surface area contributed by atoms with E-state index in [1.165, 1.54) is 31.3 Å². The first-order valence-electron chi connectivity index (χ1n) is 19.1. The van der Waals surface area contributed by atoms with Crippen LogP contribution in [0.5, 0.6) is 0 Å². The number of nitrogens with one attached hydrogen (secondary N) is 2. The zero-order valence-electron chi connectivity index (χ0n) is 29.8. The minimum absolute atomic E-state index is 0.0214. The van der Waals surface area contributed by atoms with Gasteiger partial charge in [0, 0.05) is 41.4 Å². The van der Waals surface area contributed by atoms with Gasteiger partial charge >= 0.3 is 0 Å². The largest absolute Gasteiger partial charge is 0.384 e. The zero-order valence-corrected chi connectivity index (χ0v) is 29.8. The Labute approximate surface area is 291 Å². The number of aromatic nitrogens is 2. The van der Waals surface area contributed by atoms with Crippen molar-refractivity contribution >= 4 is 39.0 Å². The molecule has 4 aliphatic heterocycles. The van der Waals surface area contributed by atoms with Crippen LogP contribution in [0.2, 0.25) is 0 Å². The fraction of sp³-hybridized carbons (Fsp3) is 0.571. The van der Waals surface area contributed by atoms with Gasteiger partial charge in [0.1, 0.15) is 0 Å². The average molecular weight is 662 g/mol. The third-order valence-electron chi connectivity index (χ3n) is 12.3. The number of anilines is 1. The molecule has 6 atom stereocenters. The number of para-hydroxylation sites is 1. The molecule has 0 saturated carbocycles. The van der Waals surface area contributed by atoms with Gasteiger partial charge in [-0.25, -0.2) is 0 Å². The lowest BCUT2D eigenvalue weighted by molar-refractivity contribution is -0.117. The van der Waals surface area contributed by atoms with Crippen LogP contribution in [-0.2, 0) is 4.79 Å². The van der Waals surface area contributed by atoms with Crippen LogP contribution in [-0.4, -0.2) is 74.6 Å². The van der Waals surface area contributed by atoms with E-state index in [1.54, 1.807) is 0 Å². The molecule has 6 heterocycles. The molecule has 3 N–H and O–H groups in total. The van der Waals surface area contributed by atoms with E-state index < -0.39 is 5.60 Å². The number of benzene rings is 1. The highest BCUT2D eigenvalue weighted by atomic mass is 16.3. The first-order valence-corrected chi connectivity index (χ1v) is 19.1. The van der Waals surface area contributed by atoms with Gasteiger partial charge in [-0.1, -0.05) is 57.2 Å². The lowest BCUT2D eigenvalue weighted by Crippen LogP contribution is -2.65. The van der Waals surface area contributed by atoms with Crippen LogP contribution in [0.1, 0.15) is 97.1 Å². The maximum absolute atomic E-state index is 13.2. The van der Waals surface area contributed by atoms with Crippen molar-refractivity contribution in [2.24, 2.45) is 16.7 Å². The van der Waals surface area contributed by atoms with Crippen LogP contribution in [0.3, 0.4) is 0 Å². The molecule has 5 aliphatic rings. The summed E-state index contributed by atoms with van der Waals surface area (Å²) in [5.41, 5.74) is 3.77. The van der Waals surface area contributed by atoms with Crippen LogP contribution in [0, 0.1) is 16.7 Å². The van der Waals surface area contributed by atoms with E-state index in [-0.39, 0.29) is 22.8 Å². The number of carbonyl (C=O) groups is 1. The summed E-state index contributed by atoms with van der Waals surface area (Å²) in [4.78, 5) is 27.5. The van der Waals surface area contributed by atoms with Crippen LogP contribution in [0.15, 0.2) is 60.8 Å². The fourth-order valence-electron chi connectivity index (χ4n) is 10.4. The molecule has 8 rings (SSSR count). The van der Waals surface area contributed by atoms with Crippen molar-refractivity contribution in [3.63, 3.8) is 0 Å². The fourth-order valence-corrected chi connectivity index (χ4v) is 10.4. The summed E-state index contributed by atoms with van der Waals surface area (Å²) in [7, 11) is 0. The van der Waals surface area contributed by atoms with Crippen molar-refractivity contribution in [3.05, 3.63) is 66.5 Å². The number of pyridine rings is 1. The Morgan fingerprint density at radius 2 is 1.80 bits per heavy atom. The number of hydrogen-bond donors (Lipinski definition) is 3. The molecular weight excluding hydrogens is 606 g/mol. The summed E-state index contributed by atoms with van der Waals surface area (Å²) in [5, 5.41) is 18.7. The maximum Gasteiger partial charge on any atom is 0.224 e. The van der Waals surface area contributed by atoms with Gasteiger partial charge in [0.25, 0.3) is 0 Å². The highest BCUT2D eigenvalue weighted by Crippen LogP contribution is 2.61. The van der Waals surface area contributed by atoms with Crippen molar-refractivity contribution in [3.8, 4) is 0 Å². The molecular formula is C42H55N5O2. The number of rotatable bonds is 3. The van der Waals surface area contributed by atoms with Gasteiger partial charge in [-0.15, -0.1) is 0 Å². The number of piperidine rings is 1. The second-order valence-corrected chi connectivity index (χ2v) is 17.0. The summed E-state index contributed by atoms with van der Waals surface area (Å²) in [5.74, 6) is 0.319. The van der Waals surface area contributed by atoms with Gasteiger partial charge in [0.15, 0.2) is 0 Å². The summed E-state index contributed by atoms with van der Waals surface area (Å²) in [6, 6.07) is 8.69. The number of aromatic amines is 1. The Hall–Kier alpha value is -3.26. The predicted molar refractivity (Wildman–Crippen MR) is 200 cm³/mol. The summed E-state index contributed by atoms with van der Waals surface area (Å²) < 4.78 is 0. The minimum Gasteiger partial charge on any atom is -0.384 e. The molecule has 2 aromatic heterocycles. The molecule has 1 aliphatic carbocycles. The lowest BCUT2D eigenvalue weighted by Gasteiger charge is -2.58. The van der Waals surface area contributed by atoms with E-state index in [4.69, 9.17) is 4.98 Å². The number of fused-ring (bicyclic) bond motifs is 5. The molecule has 2 saturated heterocycles. The summed E-state index contributed by atoms with van der Waals surface area (Å²) in [6.45, 7) is 10.6. The summed E-state index contributed by atoms with van der Waals surface area (Å²) in [6.07, 6.45) is 25.1. The molecule has 1 amide bonds. The number of allylic oxidation sites excluding steroid dienone is 4. The van der Waals surface area contributed by atoms with E-state index in [0.717, 1.165) is 91.5 Å². The molecule has 2 fully saturated rings. The van der Waals surface area contributed by atoms with Crippen LogP contribution in [0.25, 0.3) is 27.4 Å². The van der Waals surface area contributed by atoms with Gasteiger partial charge in [0.05, 0.1) is 34.1 Å². The van der Waals surface area contributed by atoms with Gasteiger partial charge in [-0.2, -0.15) is 0 Å². The number of hydrogen-bond acceptors (Lipinski definition) is 5. The Morgan fingerprint density at radius 3 is 2.65 bits per heavy atom. The molecule has 7 heteroatoms. The molecule has 3 aromatic rings. The molecule has 3 bridgehead atoms. The first-order chi connectivity index (χ1) is 23.7. The molecule has 1 aromatic carbocycles. The van der Waals surface area contributed by atoms with E-state index >= 15 is 0 Å². The zero-order chi connectivity index (χ0) is 33.8. The maximum atomic E-state index is 13.2. The third kappa shape index (κ3) is 6.00. The number of H-pyrrole nitrogens is 1. The van der Waals surface area contributed by atoms with Crippen LogP contribution in [0.4, 0.5) is 5.69 Å². The van der Waals surface area contributed by atoms with E-state index in [9.17, 15) is 9.90 Å². The second kappa shape index (κ2) is 12.8. The van der Waals surface area contributed by atoms with Crippen LogP contribution >= 0.6 is 0 Å². The Morgan fingerprint density at radius 1 is 1.00 bits per heavy atom. The van der Waals surface area contributed by atoms with Gasteiger partial charge in [-0.05, 0) is 119 Å². The number of nitrogens with zero attached hydrogens (tertiary/aromatic N) is 3. The molecule has 260 valence electrons. The second-order valence-electron chi connectivity index (χ2n) is 17.0. The lowest BCUT2D eigenvalue weighted by atomic mass is 9.54. The minimum atomic E-state index is -0.975. The molecule has 1 spiro atoms. The SMILES string of the molecule is CC(C)(C)CC(=O)Nc1cccc2c1[nH]c1c(C3=C[C@@]4(O)CC/C=C\CCCCN5CC[C@@H]3[C@]3(C[C@@H]6/C=C\CCCCN6[C@H]34)C5)nccc12. The molecule has 0 radical (unpaired) electrons. The topological polar surface area (TPSA) is 84.5 Å². The Bertz CT molecular complexity index is 1810. The van der Waals surface area contributed by atoms with Crippen molar-refractivity contribution in [2.45, 2.75) is 109 Å². The molecule has 1 unspecified atom stereocenters. The highest BCUT2D eigenvalue weighted by molar-refractivity contribution is 6.14. The third-order valence-corrected chi connectivity index (χ3v) is 12.3. The normalized spacial score (nSPS) is 33.7. The Balaban J connectivity index is 1.29. The van der Waals surface area contributed by atoms with Gasteiger partial charge < -0.3 is 20.3 Å². The van der Waals surface area contributed by atoms with Crippen LogP contribution < -0.4 is 5.32 Å². The number of carbonyl (C=O) groups excluding carboxylic acids is 1. The smallest absolute Gasteiger partial charge is 0.224 e.